The number of halogens is 1. The molecule has 1 atom stereocenters. The second kappa shape index (κ2) is 8.19. The van der Waals surface area contributed by atoms with Gasteiger partial charge in [-0.05, 0) is 30.2 Å². The molecule has 144 valence electrons. The quantitative estimate of drug-likeness (QED) is 0.789. The van der Waals surface area contributed by atoms with E-state index in [0.29, 0.717) is 19.5 Å². The Morgan fingerprint density at radius 2 is 1.70 bits per heavy atom. The minimum absolute atomic E-state index is 0.0199. The van der Waals surface area contributed by atoms with Crippen LogP contribution in [-0.2, 0) is 14.8 Å². The molecule has 1 amide bonds. The van der Waals surface area contributed by atoms with Crippen LogP contribution in [0.3, 0.4) is 0 Å². The summed E-state index contributed by atoms with van der Waals surface area (Å²) < 4.78 is 40.1. The lowest BCUT2D eigenvalue weighted by atomic mass is 9.95. The van der Waals surface area contributed by atoms with Crippen molar-refractivity contribution in [3.8, 4) is 0 Å². The third kappa shape index (κ3) is 4.20. The van der Waals surface area contributed by atoms with Gasteiger partial charge in [0.05, 0.1) is 10.8 Å². The first kappa shape index (κ1) is 19.5. The van der Waals surface area contributed by atoms with E-state index in [1.165, 1.54) is 22.5 Å². The summed E-state index contributed by atoms with van der Waals surface area (Å²) in [7, 11) is -3.76. The summed E-state index contributed by atoms with van der Waals surface area (Å²) in [5.41, 5.74) is 0.972. The van der Waals surface area contributed by atoms with E-state index in [0.717, 1.165) is 11.6 Å². The number of carbonyl (C=O) groups is 1. The van der Waals surface area contributed by atoms with Gasteiger partial charge in [-0.2, -0.15) is 4.31 Å². The van der Waals surface area contributed by atoms with Crippen LogP contribution in [0.4, 0.5) is 4.39 Å². The number of rotatable bonds is 5. The van der Waals surface area contributed by atoms with E-state index in [-0.39, 0.29) is 29.8 Å². The highest BCUT2D eigenvalue weighted by atomic mass is 32.2. The van der Waals surface area contributed by atoms with Crippen molar-refractivity contribution in [1.82, 2.24) is 9.21 Å². The molecule has 1 fully saturated rings. The van der Waals surface area contributed by atoms with Crippen molar-refractivity contribution < 1.29 is 17.6 Å². The molecule has 2 aromatic rings. The van der Waals surface area contributed by atoms with E-state index in [4.69, 9.17) is 0 Å². The zero-order valence-electron chi connectivity index (χ0n) is 15.2. The van der Waals surface area contributed by atoms with Crippen molar-refractivity contribution in [2.75, 3.05) is 26.2 Å². The Kier molecular flexibility index (Phi) is 5.92. The largest absolute Gasteiger partial charge is 0.340 e. The van der Waals surface area contributed by atoms with E-state index >= 15 is 0 Å². The Morgan fingerprint density at radius 1 is 1.04 bits per heavy atom. The lowest BCUT2D eigenvalue weighted by Gasteiger charge is -2.35. The molecule has 0 N–H and O–H groups in total. The first-order valence-corrected chi connectivity index (χ1v) is 10.5. The maximum Gasteiger partial charge on any atom is 0.243 e. The van der Waals surface area contributed by atoms with Crippen molar-refractivity contribution in [2.45, 2.75) is 24.2 Å². The van der Waals surface area contributed by atoms with E-state index in [2.05, 4.69) is 0 Å². The molecule has 0 aromatic heterocycles. The smallest absolute Gasteiger partial charge is 0.243 e. The molecule has 27 heavy (non-hydrogen) atoms. The summed E-state index contributed by atoms with van der Waals surface area (Å²) in [6, 6.07) is 14.6. The molecular formula is C20H23FN2O3S. The molecule has 0 unspecified atom stereocenters. The fraction of sp³-hybridized carbons (Fsp3) is 0.350. The summed E-state index contributed by atoms with van der Waals surface area (Å²) in [5.74, 6) is -0.789. The van der Waals surface area contributed by atoms with Gasteiger partial charge in [0.2, 0.25) is 15.9 Å². The van der Waals surface area contributed by atoms with Crippen LogP contribution in [0.15, 0.2) is 59.5 Å². The Labute approximate surface area is 159 Å². The summed E-state index contributed by atoms with van der Waals surface area (Å²) in [5, 5.41) is 0. The molecule has 2 aromatic carbocycles. The third-order valence-corrected chi connectivity index (χ3v) is 6.79. The number of sulfonamides is 1. The molecule has 1 heterocycles. The van der Waals surface area contributed by atoms with E-state index < -0.39 is 15.8 Å². The number of carbonyl (C=O) groups excluding carboxylic acids is 1. The van der Waals surface area contributed by atoms with Crippen molar-refractivity contribution >= 4 is 15.9 Å². The van der Waals surface area contributed by atoms with Crippen LogP contribution in [0.5, 0.6) is 0 Å². The van der Waals surface area contributed by atoms with Crippen molar-refractivity contribution in [2.24, 2.45) is 0 Å². The van der Waals surface area contributed by atoms with Gasteiger partial charge in [0.1, 0.15) is 5.82 Å². The summed E-state index contributed by atoms with van der Waals surface area (Å²) >= 11 is 0. The molecule has 0 bridgehead atoms. The number of hydrogen-bond donors (Lipinski definition) is 0. The molecule has 5 nitrogen and oxygen atoms in total. The molecule has 7 heteroatoms. The van der Waals surface area contributed by atoms with Gasteiger partial charge in [0, 0.05) is 26.2 Å². The van der Waals surface area contributed by atoms with Crippen LogP contribution in [-0.4, -0.2) is 49.7 Å². The number of hydrogen-bond acceptors (Lipinski definition) is 3. The highest BCUT2D eigenvalue weighted by molar-refractivity contribution is 7.89. The number of benzene rings is 2. The highest BCUT2D eigenvalue weighted by Crippen LogP contribution is 2.24. The fourth-order valence-electron chi connectivity index (χ4n) is 3.38. The van der Waals surface area contributed by atoms with Gasteiger partial charge >= 0.3 is 0 Å². The van der Waals surface area contributed by atoms with Gasteiger partial charge in [-0.25, -0.2) is 12.8 Å². The maximum absolute atomic E-state index is 13.4. The van der Waals surface area contributed by atoms with E-state index in [9.17, 15) is 17.6 Å². The predicted octanol–water partition coefficient (Wildman–Crippen LogP) is 2.85. The van der Waals surface area contributed by atoms with Gasteiger partial charge in [0.25, 0.3) is 0 Å². The van der Waals surface area contributed by atoms with Crippen LogP contribution in [0, 0.1) is 5.82 Å². The predicted molar refractivity (Wildman–Crippen MR) is 101 cm³/mol. The minimum atomic E-state index is -3.76. The van der Waals surface area contributed by atoms with Gasteiger partial charge < -0.3 is 4.90 Å². The molecule has 1 saturated heterocycles. The minimum Gasteiger partial charge on any atom is -0.340 e. The number of piperazine rings is 1. The molecule has 0 radical (unpaired) electrons. The highest BCUT2D eigenvalue weighted by Gasteiger charge is 2.32. The van der Waals surface area contributed by atoms with Gasteiger partial charge in [-0.3, -0.25) is 4.79 Å². The SMILES string of the molecule is CC[C@@H](C(=O)N1CCN(S(=O)(=O)c2cccc(F)c2)CC1)c1ccccc1. The second-order valence-electron chi connectivity index (χ2n) is 6.56. The summed E-state index contributed by atoms with van der Waals surface area (Å²) in [4.78, 5) is 14.6. The Balaban J connectivity index is 1.69. The number of amides is 1. The standard InChI is InChI=1S/C20H23FN2O3S/c1-2-19(16-7-4-3-5-8-16)20(24)22-11-13-23(14-12-22)27(25,26)18-10-6-9-17(21)15-18/h3-10,15,19H,2,11-14H2,1H3/t19-/m1/s1. The monoisotopic (exact) mass is 390 g/mol. The Hall–Kier alpha value is -2.25. The molecule has 1 aliphatic heterocycles. The lowest BCUT2D eigenvalue weighted by molar-refractivity contribution is -0.134. The van der Waals surface area contributed by atoms with Gasteiger partial charge in [0.15, 0.2) is 0 Å². The zero-order valence-corrected chi connectivity index (χ0v) is 16.0. The Morgan fingerprint density at radius 3 is 2.30 bits per heavy atom. The van der Waals surface area contributed by atoms with Crippen LogP contribution >= 0.6 is 0 Å². The zero-order chi connectivity index (χ0) is 19.4. The Bertz CT molecular complexity index is 894. The van der Waals surface area contributed by atoms with E-state index in [1.54, 1.807) is 4.90 Å². The van der Waals surface area contributed by atoms with Crippen LogP contribution < -0.4 is 0 Å². The maximum atomic E-state index is 13.4. The average Bonchev–Trinajstić information content (AvgIpc) is 2.69. The van der Waals surface area contributed by atoms with Gasteiger partial charge in [-0.15, -0.1) is 0 Å². The lowest BCUT2D eigenvalue weighted by Crippen LogP contribution is -2.51. The summed E-state index contributed by atoms with van der Waals surface area (Å²) in [6.07, 6.45) is 0.685. The van der Waals surface area contributed by atoms with Crippen molar-refractivity contribution in [3.05, 3.63) is 66.0 Å². The number of nitrogens with zero attached hydrogens (tertiary/aromatic N) is 2. The fourth-order valence-corrected chi connectivity index (χ4v) is 4.84. The average molecular weight is 390 g/mol. The third-order valence-electron chi connectivity index (χ3n) is 4.89. The van der Waals surface area contributed by atoms with Crippen LogP contribution in [0.25, 0.3) is 0 Å². The topological polar surface area (TPSA) is 57.7 Å². The van der Waals surface area contributed by atoms with Gasteiger partial charge in [-0.1, -0.05) is 43.3 Å². The van der Waals surface area contributed by atoms with Crippen LogP contribution in [0.1, 0.15) is 24.8 Å². The molecule has 0 aliphatic carbocycles. The second-order valence-corrected chi connectivity index (χ2v) is 8.50. The molecule has 1 aliphatic rings. The van der Waals surface area contributed by atoms with E-state index in [1.807, 2.05) is 37.3 Å². The normalized spacial score (nSPS) is 16.9. The molecular weight excluding hydrogens is 367 g/mol. The molecule has 0 spiro atoms. The van der Waals surface area contributed by atoms with Crippen molar-refractivity contribution in [3.63, 3.8) is 0 Å². The molecule has 3 rings (SSSR count). The molecule has 0 saturated carbocycles. The summed E-state index contributed by atoms with van der Waals surface area (Å²) in [6.45, 7) is 3.04. The van der Waals surface area contributed by atoms with Crippen molar-refractivity contribution in [1.29, 1.82) is 0 Å². The first-order chi connectivity index (χ1) is 12.9. The van der Waals surface area contributed by atoms with Crippen LogP contribution in [0.2, 0.25) is 0 Å². The first-order valence-electron chi connectivity index (χ1n) is 9.03.